The third-order valence-corrected chi connectivity index (χ3v) is 4.01. The van der Waals surface area contributed by atoms with Gasteiger partial charge in [0.25, 0.3) is 5.91 Å². The highest BCUT2D eigenvalue weighted by Gasteiger charge is 2.24. The number of hydrogen-bond acceptors (Lipinski definition) is 3. The molecule has 1 aromatic carbocycles. The molecule has 1 unspecified atom stereocenters. The first kappa shape index (κ1) is 17.0. The third kappa shape index (κ3) is 4.85. The average Bonchev–Trinajstić information content (AvgIpc) is 2.99. The fraction of sp³-hybridized carbons (Fsp3) is 0.312. The first-order valence-corrected chi connectivity index (χ1v) is 7.83. The van der Waals surface area contributed by atoms with Gasteiger partial charge in [0.15, 0.2) is 0 Å². The highest BCUT2D eigenvalue weighted by atomic mass is 35.5. The standard InChI is InChI=1S/C16H18Cl2N2O2/c17-15(18)9-11-20-10-1-2-14(20)13-6-3-12(4-7-13)5-8-16(21)19-22/h3-9,14,22H,1-2,10-11H2,(H,19,21). The number of halogens is 2. The van der Waals surface area contributed by atoms with Gasteiger partial charge in [-0.2, -0.15) is 0 Å². The molecule has 1 amide bonds. The van der Waals surface area contributed by atoms with E-state index in [0.29, 0.717) is 10.5 Å². The Labute approximate surface area is 140 Å². The molecule has 0 bridgehead atoms. The van der Waals surface area contributed by atoms with E-state index < -0.39 is 5.91 Å². The molecule has 1 aromatic rings. The third-order valence-electron chi connectivity index (χ3n) is 3.70. The molecule has 0 radical (unpaired) electrons. The SMILES string of the molecule is O=C(C=Cc1ccc(C2CCCN2CC=C(Cl)Cl)cc1)NO. The number of likely N-dealkylation sites (tertiary alicyclic amines) is 1. The summed E-state index contributed by atoms with van der Waals surface area (Å²) in [6.45, 7) is 1.77. The molecule has 0 spiro atoms. The Morgan fingerprint density at radius 1 is 1.36 bits per heavy atom. The quantitative estimate of drug-likeness (QED) is 0.488. The molecule has 118 valence electrons. The van der Waals surface area contributed by atoms with Crippen molar-refractivity contribution in [3.8, 4) is 0 Å². The maximum absolute atomic E-state index is 10.9. The zero-order valence-corrected chi connectivity index (χ0v) is 13.5. The van der Waals surface area contributed by atoms with Crippen LogP contribution in [0.2, 0.25) is 0 Å². The number of carbonyl (C=O) groups excluding carboxylic acids is 1. The smallest absolute Gasteiger partial charge is 0.267 e. The molecular formula is C16H18Cl2N2O2. The van der Waals surface area contributed by atoms with E-state index in [4.69, 9.17) is 28.4 Å². The Hall–Kier alpha value is -1.33. The number of amides is 1. The van der Waals surface area contributed by atoms with Crippen molar-refractivity contribution in [2.45, 2.75) is 18.9 Å². The lowest BCUT2D eigenvalue weighted by atomic mass is 10.0. The Kier molecular flexibility index (Phi) is 6.46. The molecule has 0 aromatic heterocycles. The molecule has 1 fully saturated rings. The van der Waals surface area contributed by atoms with Gasteiger partial charge in [-0.05, 0) is 42.7 Å². The molecule has 2 N–H and O–H groups in total. The van der Waals surface area contributed by atoms with E-state index in [1.165, 1.54) is 11.6 Å². The van der Waals surface area contributed by atoms with Crippen LogP contribution in [-0.2, 0) is 4.79 Å². The maximum atomic E-state index is 10.9. The Morgan fingerprint density at radius 3 is 2.73 bits per heavy atom. The van der Waals surface area contributed by atoms with Crippen molar-refractivity contribution in [3.63, 3.8) is 0 Å². The number of hydroxylamine groups is 1. The van der Waals surface area contributed by atoms with Gasteiger partial charge in [-0.3, -0.25) is 14.9 Å². The largest absolute Gasteiger partial charge is 0.293 e. The van der Waals surface area contributed by atoms with Crippen LogP contribution in [0.25, 0.3) is 6.08 Å². The summed E-state index contributed by atoms with van der Waals surface area (Å²) in [6.07, 6.45) is 7.00. The zero-order chi connectivity index (χ0) is 15.9. The van der Waals surface area contributed by atoms with Gasteiger partial charge in [0.1, 0.15) is 4.49 Å². The van der Waals surface area contributed by atoms with E-state index >= 15 is 0 Å². The Bertz CT molecular complexity index is 566. The summed E-state index contributed by atoms with van der Waals surface area (Å²) in [6, 6.07) is 8.40. The van der Waals surface area contributed by atoms with E-state index in [1.54, 1.807) is 11.6 Å². The Balaban J connectivity index is 2.04. The lowest BCUT2D eigenvalue weighted by Crippen LogP contribution is -2.23. The molecule has 0 saturated carbocycles. The van der Waals surface area contributed by atoms with Crippen molar-refractivity contribution in [2.24, 2.45) is 0 Å². The summed E-state index contributed by atoms with van der Waals surface area (Å²) in [7, 11) is 0. The van der Waals surface area contributed by atoms with Crippen molar-refractivity contribution in [1.29, 1.82) is 0 Å². The van der Waals surface area contributed by atoms with Crippen LogP contribution in [0.3, 0.4) is 0 Å². The van der Waals surface area contributed by atoms with Crippen molar-refractivity contribution in [1.82, 2.24) is 10.4 Å². The fourth-order valence-corrected chi connectivity index (χ4v) is 2.78. The number of nitrogens with zero attached hydrogens (tertiary/aromatic N) is 1. The van der Waals surface area contributed by atoms with Crippen LogP contribution >= 0.6 is 23.2 Å². The highest BCUT2D eigenvalue weighted by molar-refractivity contribution is 6.55. The van der Waals surface area contributed by atoms with E-state index in [2.05, 4.69) is 17.0 Å². The summed E-state index contributed by atoms with van der Waals surface area (Å²) in [5.41, 5.74) is 3.70. The van der Waals surface area contributed by atoms with Crippen LogP contribution in [0.1, 0.15) is 30.0 Å². The normalized spacial score (nSPS) is 18.6. The predicted molar refractivity (Wildman–Crippen MR) is 88.7 cm³/mol. The summed E-state index contributed by atoms with van der Waals surface area (Å²) < 4.78 is 0.299. The molecule has 1 atom stereocenters. The van der Waals surface area contributed by atoms with E-state index in [0.717, 1.165) is 31.5 Å². The minimum absolute atomic E-state index is 0.299. The van der Waals surface area contributed by atoms with Gasteiger partial charge < -0.3 is 0 Å². The molecule has 1 heterocycles. The number of hydrogen-bond donors (Lipinski definition) is 2. The van der Waals surface area contributed by atoms with E-state index in [1.807, 2.05) is 18.2 Å². The second-order valence-corrected chi connectivity index (χ2v) is 6.13. The first-order chi connectivity index (χ1) is 10.6. The topological polar surface area (TPSA) is 52.6 Å². The van der Waals surface area contributed by atoms with Gasteiger partial charge in [-0.25, -0.2) is 5.48 Å². The number of carbonyl (C=O) groups is 1. The Morgan fingerprint density at radius 2 is 2.09 bits per heavy atom. The van der Waals surface area contributed by atoms with Gasteiger partial charge in [0.2, 0.25) is 0 Å². The predicted octanol–water partition coefficient (Wildman–Crippen LogP) is 3.66. The van der Waals surface area contributed by atoms with Crippen molar-refractivity contribution < 1.29 is 10.0 Å². The molecule has 1 aliphatic heterocycles. The van der Waals surface area contributed by atoms with Gasteiger partial charge in [0, 0.05) is 18.7 Å². The zero-order valence-electron chi connectivity index (χ0n) is 12.0. The van der Waals surface area contributed by atoms with Crippen LogP contribution < -0.4 is 5.48 Å². The summed E-state index contributed by atoms with van der Waals surface area (Å²) in [5.74, 6) is -0.546. The second kappa shape index (κ2) is 8.34. The van der Waals surface area contributed by atoms with Crippen molar-refractivity contribution in [2.75, 3.05) is 13.1 Å². The van der Waals surface area contributed by atoms with Gasteiger partial charge in [-0.1, -0.05) is 47.5 Å². The molecule has 1 saturated heterocycles. The van der Waals surface area contributed by atoms with Crippen LogP contribution in [0.15, 0.2) is 40.9 Å². The van der Waals surface area contributed by atoms with E-state index in [-0.39, 0.29) is 0 Å². The van der Waals surface area contributed by atoms with Gasteiger partial charge >= 0.3 is 0 Å². The van der Waals surface area contributed by atoms with Crippen LogP contribution in [0.5, 0.6) is 0 Å². The molecular weight excluding hydrogens is 323 g/mol. The lowest BCUT2D eigenvalue weighted by molar-refractivity contribution is -0.124. The molecule has 4 nitrogen and oxygen atoms in total. The summed E-state index contributed by atoms with van der Waals surface area (Å²) in [5, 5.41) is 8.44. The minimum Gasteiger partial charge on any atom is -0.293 e. The summed E-state index contributed by atoms with van der Waals surface area (Å²) >= 11 is 11.4. The highest BCUT2D eigenvalue weighted by Crippen LogP contribution is 2.32. The van der Waals surface area contributed by atoms with Crippen molar-refractivity contribution in [3.05, 3.63) is 52.0 Å². The summed E-state index contributed by atoms with van der Waals surface area (Å²) in [4.78, 5) is 13.3. The second-order valence-electron chi connectivity index (χ2n) is 5.12. The average molecular weight is 341 g/mol. The molecule has 2 rings (SSSR count). The number of rotatable bonds is 5. The van der Waals surface area contributed by atoms with Crippen LogP contribution in [0.4, 0.5) is 0 Å². The molecule has 0 aliphatic carbocycles. The molecule has 22 heavy (non-hydrogen) atoms. The monoisotopic (exact) mass is 340 g/mol. The van der Waals surface area contributed by atoms with E-state index in [9.17, 15) is 4.79 Å². The fourth-order valence-electron chi connectivity index (χ4n) is 2.65. The minimum atomic E-state index is -0.546. The van der Waals surface area contributed by atoms with Crippen molar-refractivity contribution >= 4 is 35.2 Å². The number of benzene rings is 1. The number of nitrogens with one attached hydrogen (secondary N) is 1. The maximum Gasteiger partial charge on any atom is 0.267 e. The van der Waals surface area contributed by atoms with Crippen LogP contribution in [0, 0.1) is 0 Å². The molecule has 1 aliphatic rings. The first-order valence-electron chi connectivity index (χ1n) is 7.07. The van der Waals surface area contributed by atoms with Crippen LogP contribution in [-0.4, -0.2) is 29.1 Å². The molecule has 6 heteroatoms. The van der Waals surface area contributed by atoms with Gasteiger partial charge in [0.05, 0.1) is 0 Å². The van der Waals surface area contributed by atoms with Gasteiger partial charge in [-0.15, -0.1) is 0 Å². The lowest BCUT2D eigenvalue weighted by Gasteiger charge is -2.23.